The normalized spacial score (nSPS) is 10.5. The van der Waals surface area contributed by atoms with Crippen LogP contribution in [0.15, 0.2) is 36.4 Å². The van der Waals surface area contributed by atoms with Gasteiger partial charge in [-0.05, 0) is 12.8 Å². The molecule has 2 rings (SSSR count). The van der Waals surface area contributed by atoms with Crippen LogP contribution in [0, 0.1) is 0 Å². The SMILES string of the molecule is CCCNc1cc(NCCCOC)nc(-c2ccccc2)n1. The molecule has 2 aromatic rings. The van der Waals surface area contributed by atoms with Crippen LogP contribution in [0.2, 0.25) is 0 Å². The highest BCUT2D eigenvalue weighted by molar-refractivity contribution is 5.61. The van der Waals surface area contributed by atoms with Crippen molar-refractivity contribution in [1.82, 2.24) is 9.97 Å². The number of nitrogens with zero attached hydrogens (tertiary/aromatic N) is 2. The van der Waals surface area contributed by atoms with Crippen molar-refractivity contribution in [2.75, 3.05) is 37.4 Å². The van der Waals surface area contributed by atoms with Crippen LogP contribution >= 0.6 is 0 Å². The Morgan fingerprint density at radius 2 is 1.68 bits per heavy atom. The molecule has 0 bridgehead atoms. The molecule has 1 aromatic carbocycles. The number of hydrogen-bond donors (Lipinski definition) is 2. The predicted octanol–water partition coefficient (Wildman–Crippen LogP) is 3.41. The van der Waals surface area contributed by atoms with Crippen molar-refractivity contribution >= 4 is 11.6 Å². The largest absolute Gasteiger partial charge is 0.385 e. The summed E-state index contributed by atoms with van der Waals surface area (Å²) in [7, 11) is 1.71. The first kappa shape index (κ1) is 16.2. The van der Waals surface area contributed by atoms with Crippen molar-refractivity contribution in [1.29, 1.82) is 0 Å². The maximum absolute atomic E-state index is 5.06. The predicted molar refractivity (Wildman–Crippen MR) is 91.2 cm³/mol. The summed E-state index contributed by atoms with van der Waals surface area (Å²) in [5.74, 6) is 2.42. The summed E-state index contributed by atoms with van der Waals surface area (Å²) < 4.78 is 5.06. The molecule has 0 radical (unpaired) electrons. The van der Waals surface area contributed by atoms with Crippen LogP contribution in [0.1, 0.15) is 19.8 Å². The van der Waals surface area contributed by atoms with Crippen molar-refractivity contribution in [3.8, 4) is 11.4 Å². The average Bonchev–Trinajstić information content (AvgIpc) is 2.57. The van der Waals surface area contributed by atoms with Gasteiger partial charge in [0.05, 0.1) is 0 Å². The Morgan fingerprint density at radius 3 is 2.32 bits per heavy atom. The van der Waals surface area contributed by atoms with Crippen LogP contribution in [-0.4, -0.2) is 36.8 Å². The van der Waals surface area contributed by atoms with Crippen LogP contribution in [0.4, 0.5) is 11.6 Å². The monoisotopic (exact) mass is 300 g/mol. The van der Waals surface area contributed by atoms with Crippen LogP contribution < -0.4 is 10.6 Å². The minimum Gasteiger partial charge on any atom is -0.385 e. The highest BCUT2D eigenvalue weighted by Gasteiger charge is 2.06. The number of rotatable bonds is 9. The van der Waals surface area contributed by atoms with E-state index in [1.54, 1.807) is 7.11 Å². The Bertz CT molecular complexity index is 560. The Hall–Kier alpha value is -2.14. The van der Waals surface area contributed by atoms with Crippen LogP contribution in [0.25, 0.3) is 11.4 Å². The maximum Gasteiger partial charge on any atom is 0.163 e. The van der Waals surface area contributed by atoms with E-state index in [0.717, 1.165) is 55.6 Å². The molecule has 5 heteroatoms. The molecule has 22 heavy (non-hydrogen) atoms. The average molecular weight is 300 g/mol. The summed E-state index contributed by atoms with van der Waals surface area (Å²) >= 11 is 0. The van der Waals surface area contributed by atoms with Gasteiger partial charge in [0.1, 0.15) is 11.6 Å². The first-order valence-electron chi connectivity index (χ1n) is 7.74. The Labute approximate surface area is 132 Å². The highest BCUT2D eigenvalue weighted by Crippen LogP contribution is 2.20. The van der Waals surface area contributed by atoms with Crippen molar-refractivity contribution in [3.63, 3.8) is 0 Å². The van der Waals surface area contributed by atoms with E-state index in [0.29, 0.717) is 0 Å². The third-order valence-corrected chi connectivity index (χ3v) is 3.15. The summed E-state index contributed by atoms with van der Waals surface area (Å²) in [5, 5.41) is 6.67. The fourth-order valence-corrected chi connectivity index (χ4v) is 2.03. The molecule has 0 aliphatic carbocycles. The zero-order chi connectivity index (χ0) is 15.6. The van der Waals surface area contributed by atoms with Gasteiger partial charge in [-0.1, -0.05) is 37.3 Å². The van der Waals surface area contributed by atoms with E-state index in [2.05, 4.69) is 27.5 Å². The van der Waals surface area contributed by atoms with E-state index < -0.39 is 0 Å². The zero-order valence-electron chi connectivity index (χ0n) is 13.3. The molecule has 0 saturated heterocycles. The first-order valence-corrected chi connectivity index (χ1v) is 7.74. The van der Waals surface area contributed by atoms with Crippen molar-refractivity contribution < 1.29 is 4.74 Å². The van der Waals surface area contributed by atoms with E-state index in [-0.39, 0.29) is 0 Å². The molecule has 2 N–H and O–H groups in total. The molecule has 0 spiro atoms. The van der Waals surface area contributed by atoms with Gasteiger partial charge in [0.15, 0.2) is 5.82 Å². The zero-order valence-corrected chi connectivity index (χ0v) is 13.3. The minimum atomic E-state index is 0.732. The number of ether oxygens (including phenoxy) is 1. The fourth-order valence-electron chi connectivity index (χ4n) is 2.03. The lowest BCUT2D eigenvalue weighted by molar-refractivity contribution is 0.198. The maximum atomic E-state index is 5.06. The minimum absolute atomic E-state index is 0.732. The molecule has 0 unspecified atom stereocenters. The van der Waals surface area contributed by atoms with Gasteiger partial charge in [0.25, 0.3) is 0 Å². The van der Waals surface area contributed by atoms with E-state index in [1.165, 1.54) is 0 Å². The second-order valence-corrected chi connectivity index (χ2v) is 5.03. The molecule has 5 nitrogen and oxygen atoms in total. The van der Waals surface area contributed by atoms with Gasteiger partial charge in [0, 0.05) is 38.4 Å². The van der Waals surface area contributed by atoms with Crippen LogP contribution in [-0.2, 0) is 4.74 Å². The summed E-state index contributed by atoms with van der Waals surface area (Å²) in [5.41, 5.74) is 1.02. The second-order valence-electron chi connectivity index (χ2n) is 5.03. The van der Waals surface area contributed by atoms with E-state index in [1.807, 2.05) is 36.4 Å². The number of aromatic nitrogens is 2. The van der Waals surface area contributed by atoms with Gasteiger partial charge >= 0.3 is 0 Å². The van der Waals surface area contributed by atoms with Crippen molar-refractivity contribution in [2.45, 2.75) is 19.8 Å². The van der Waals surface area contributed by atoms with Crippen molar-refractivity contribution in [3.05, 3.63) is 36.4 Å². The Balaban J connectivity index is 2.17. The number of methoxy groups -OCH3 is 1. The second kappa shape index (κ2) is 9.00. The van der Waals surface area contributed by atoms with E-state index in [4.69, 9.17) is 4.74 Å². The molecule has 0 aliphatic rings. The topological polar surface area (TPSA) is 59.1 Å². The number of hydrogen-bond acceptors (Lipinski definition) is 5. The lowest BCUT2D eigenvalue weighted by atomic mass is 10.2. The van der Waals surface area contributed by atoms with Gasteiger partial charge in [0.2, 0.25) is 0 Å². The number of nitrogens with one attached hydrogen (secondary N) is 2. The Kier molecular flexibility index (Phi) is 6.64. The molecular weight excluding hydrogens is 276 g/mol. The lowest BCUT2D eigenvalue weighted by Gasteiger charge is -2.11. The van der Waals surface area contributed by atoms with Crippen LogP contribution in [0.5, 0.6) is 0 Å². The molecule has 118 valence electrons. The molecular formula is C17H24N4O. The van der Waals surface area contributed by atoms with Gasteiger partial charge in [-0.15, -0.1) is 0 Å². The number of benzene rings is 1. The molecule has 0 aliphatic heterocycles. The highest BCUT2D eigenvalue weighted by atomic mass is 16.5. The smallest absolute Gasteiger partial charge is 0.163 e. The van der Waals surface area contributed by atoms with Gasteiger partial charge < -0.3 is 15.4 Å². The lowest BCUT2D eigenvalue weighted by Crippen LogP contribution is -2.09. The molecule has 1 aromatic heterocycles. The summed E-state index contributed by atoms with van der Waals surface area (Å²) in [4.78, 5) is 9.20. The fraction of sp³-hybridized carbons (Fsp3) is 0.412. The van der Waals surface area contributed by atoms with Gasteiger partial charge in [-0.25, -0.2) is 9.97 Å². The molecule has 0 atom stereocenters. The van der Waals surface area contributed by atoms with Crippen molar-refractivity contribution in [2.24, 2.45) is 0 Å². The van der Waals surface area contributed by atoms with Gasteiger partial charge in [-0.3, -0.25) is 0 Å². The standard InChI is InChI=1S/C17H24N4O/c1-3-10-18-15-13-16(19-11-7-12-22-2)21-17(20-15)14-8-5-4-6-9-14/h4-6,8-9,13H,3,7,10-12H2,1-2H3,(H2,18,19,20,21). The summed E-state index contributed by atoms with van der Waals surface area (Å²) in [6, 6.07) is 12.0. The Morgan fingerprint density at radius 1 is 1.00 bits per heavy atom. The summed E-state index contributed by atoms with van der Waals surface area (Å²) in [6.45, 7) is 4.60. The van der Waals surface area contributed by atoms with Crippen LogP contribution in [0.3, 0.4) is 0 Å². The quantitative estimate of drug-likeness (QED) is 0.695. The van der Waals surface area contributed by atoms with E-state index in [9.17, 15) is 0 Å². The van der Waals surface area contributed by atoms with Gasteiger partial charge in [-0.2, -0.15) is 0 Å². The first-order chi connectivity index (χ1) is 10.8. The molecule has 0 fully saturated rings. The number of anilines is 2. The third-order valence-electron chi connectivity index (χ3n) is 3.15. The third kappa shape index (κ3) is 5.00. The molecule has 1 heterocycles. The molecule has 0 saturated carbocycles. The molecule has 0 amide bonds. The van der Waals surface area contributed by atoms with E-state index >= 15 is 0 Å². The summed E-state index contributed by atoms with van der Waals surface area (Å²) in [6.07, 6.45) is 2.00.